The Morgan fingerprint density at radius 1 is 0.727 bits per heavy atom. The molecular formula is C33H35N2O8P. The summed E-state index contributed by atoms with van der Waals surface area (Å²) in [6.45, 7) is 3.50. The molecule has 0 N–H and O–H groups in total. The van der Waals surface area contributed by atoms with Gasteiger partial charge in [-0.3, -0.25) is 19.3 Å². The number of ether oxygens (including phenoxy) is 3. The van der Waals surface area contributed by atoms with Crippen LogP contribution in [-0.2, 0) is 30.3 Å². The minimum absolute atomic E-state index is 0.102. The fourth-order valence-electron chi connectivity index (χ4n) is 5.92. The third kappa shape index (κ3) is 6.70. The SMILES string of the molecule is CC(=O)Oc1ccc(P(=O)(c2ccc(OC(C)=O)cc2)C2CCCN2C(=O)[C@@H]2CCCN2C(=O)OCc2ccccc2)cc1. The first kappa shape index (κ1) is 31.0. The summed E-state index contributed by atoms with van der Waals surface area (Å²) < 4.78 is 31.3. The first-order chi connectivity index (χ1) is 21.2. The Hall–Kier alpha value is -4.43. The molecule has 0 spiro atoms. The molecule has 2 aliphatic rings. The molecule has 3 aromatic rings. The number of carbonyl (C=O) groups excluding carboxylic acids is 4. The fraction of sp³-hybridized carbons (Fsp3) is 0.333. The Balaban J connectivity index is 1.43. The molecule has 44 heavy (non-hydrogen) atoms. The Morgan fingerprint density at radius 3 is 1.80 bits per heavy atom. The summed E-state index contributed by atoms with van der Waals surface area (Å²) in [6.07, 6.45) is 1.72. The maximum absolute atomic E-state index is 15.4. The number of hydrogen-bond donors (Lipinski definition) is 0. The van der Waals surface area contributed by atoms with Crippen LogP contribution in [0.15, 0.2) is 78.9 Å². The van der Waals surface area contributed by atoms with Crippen molar-refractivity contribution in [2.75, 3.05) is 13.1 Å². The molecule has 0 bridgehead atoms. The van der Waals surface area contributed by atoms with Crippen LogP contribution in [0.1, 0.15) is 45.1 Å². The van der Waals surface area contributed by atoms with E-state index in [2.05, 4.69) is 0 Å². The number of amides is 2. The number of likely N-dealkylation sites (tertiary alicyclic amines) is 2. The van der Waals surface area contributed by atoms with E-state index in [1.807, 2.05) is 30.3 Å². The van der Waals surface area contributed by atoms with Gasteiger partial charge in [0.1, 0.15) is 24.1 Å². The number of esters is 2. The highest BCUT2D eigenvalue weighted by atomic mass is 31.2. The van der Waals surface area contributed by atoms with Crippen molar-refractivity contribution >= 4 is 41.7 Å². The van der Waals surface area contributed by atoms with E-state index in [1.165, 1.54) is 18.7 Å². The summed E-state index contributed by atoms with van der Waals surface area (Å²) in [5.41, 5.74) is 0.850. The number of hydrogen-bond acceptors (Lipinski definition) is 8. The van der Waals surface area contributed by atoms with Gasteiger partial charge in [0.2, 0.25) is 5.91 Å². The Kier molecular flexibility index (Phi) is 9.49. The minimum atomic E-state index is -3.54. The summed E-state index contributed by atoms with van der Waals surface area (Å²) in [5.74, 6) is -1.25. The van der Waals surface area contributed by atoms with Gasteiger partial charge in [-0.1, -0.05) is 30.3 Å². The van der Waals surface area contributed by atoms with E-state index in [-0.39, 0.29) is 12.5 Å². The molecule has 1 unspecified atom stereocenters. The van der Waals surface area contributed by atoms with E-state index in [1.54, 1.807) is 53.4 Å². The Labute approximate surface area is 256 Å². The molecule has 2 fully saturated rings. The second-order valence-corrected chi connectivity index (χ2v) is 13.8. The van der Waals surface area contributed by atoms with Crippen LogP contribution in [-0.4, -0.2) is 58.7 Å². The predicted molar refractivity (Wildman–Crippen MR) is 163 cm³/mol. The van der Waals surface area contributed by atoms with Gasteiger partial charge in [0.05, 0.1) is 5.78 Å². The molecule has 2 atom stereocenters. The number of nitrogens with zero attached hydrogens (tertiary/aromatic N) is 2. The topological polar surface area (TPSA) is 120 Å². The van der Waals surface area contributed by atoms with Crippen molar-refractivity contribution < 1.29 is 38.0 Å². The van der Waals surface area contributed by atoms with Crippen molar-refractivity contribution in [3.05, 3.63) is 84.4 Å². The lowest BCUT2D eigenvalue weighted by atomic mass is 10.2. The van der Waals surface area contributed by atoms with Crippen molar-refractivity contribution in [2.45, 2.75) is 58.0 Å². The standard InChI is InChI=1S/C33H35N2O8P/c1-23(36)42-26-12-16-28(17-13-26)44(40,29-18-14-27(15-19-29)43-24(2)37)31-11-7-21-35(31)32(38)30-10-6-20-34(30)33(39)41-22-25-8-4-3-5-9-25/h3-5,8-9,12-19,30-31H,6-7,10-11,20-22H2,1-2H3/t30-,31?/m0/s1. The van der Waals surface area contributed by atoms with Gasteiger partial charge in [0.25, 0.3) is 0 Å². The first-order valence-electron chi connectivity index (χ1n) is 14.6. The van der Waals surface area contributed by atoms with Gasteiger partial charge >= 0.3 is 18.0 Å². The first-order valence-corrected chi connectivity index (χ1v) is 16.4. The maximum atomic E-state index is 15.4. The highest BCUT2D eigenvalue weighted by Crippen LogP contribution is 2.54. The predicted octanol–water partition coefficient (Wildman–Crippen LogP) is 4.60. The molecule has 0 aromatic heterocycles. The van der Waals surface area contributed by atoms with Gasteiger partial charge in [-0.25, -0.2) is 4.79 Å². The number of benzene rings is 3. The van der Waals surface area contributed by atoms with Crippen LogP contribution >= 0.6 is 7.14 Å². The van der Waals surface area contributed by atoms with Crippen molar-refractivity contribution in [1.82, 2.24) is 9.80 Å². The minimum Gasteiger partial charge on any atom is -0.445 e. The van der Waals surface area contributed by atoms with Crippen LogP contribution in [0, 0.1) is 0 Å². The molecule has 0 saturated carbocycles. The van der Waals surface area contributed by atoms with Crippen molar-refractivity contribution in [3.63, 3.8) is 0 Å². The van der Waals surface area contributed by atoms with E-state index in [4.69, 9.17) is 14.2 Å². The molecule has 2 heterocycles. The van der Waals surface area contributed by atoms with E-state index in [0.717, 1.165) is 5.56 Å². The van der Waals surface area contributed by atoms with E-state index >= 15 is 4.57 Å². The summed E-state index contributed by atoms with van der Waals surface area (Å²) in [4.78, 5) is 53.3. The highest BCUT2D eigenvalue weighted by Gasteiger charge is 2.48. The van der Waals surface area contributed by atoms with Crippen LogP contribution < -0.4 is 20.1 Å². The summed E-state index contributed by atoms with van der Waals surface area (Å²) in [7, 11) is -3.54. The molecule has 5 rings (SSSR count). The third-order valence-corrected chi connectivity index (χ3v) is 11.4. The largest absolute Gasteiger partial charge is 0.445 e. The lowest BCUT2D eigenvalue weighted by Gasteiger charge is -2.35. The second-order valence-electron chi connectivity index (χ2n) is 10.9. The quantitative estimate of drug-likeness (QED) is 0.204. The van der Waals surface area contributed by atoms with Crippen molar-refractivity contribution in [3.8, 4) is 11.5 Å². The molecule has 3 aromatic carbocycles. The number of carbonyl (C=O) groups is 4. The van der Waals surface area contributed by atoms with Crippen molar-refractivity contribution in [1.29, 1.82) is 0 Å². The Morgan fingerprint density at radius 2 is 1.25 bits per heavy atom. The average Bonchev–Trinajstić information content (AvgIpc) is 3.71. The zero-order valence-corrected chi connectivity index (χ0v) is 25.6. The zero-order valence-electron chi connectivity index (χ0n) is 24.7. The van der Waals surface area contributed by atoms with Gasteiger partial charge in [0, 0.05) is 37.5 Å². The lowest BCUT2D eigenvalue weighted by molar-refractivity contribution is -0.135. The van der Waals surface area contributed by atoms with Crippen LogP contribution in [0.3, 0.4) is 0 Å². The molecule has 230 valence electrons. The van der Waals surface area contributed by atoms with Gasteiger partial charge < -0.3 is 23.7 Å². The highest BCUT2D eigenvalue weighted by molar-refractivity contribution is 7.79. The van der Waals surface area contributed by atoms with Gasteiger partial charge in [-0.15, -0.1) is 0 Å². The van der Waals surface area contributed by atoms with E-state index in [0.29, 0.717) is 60.9 Å². The Bertz CT molecular complexity index is 1500. The smallest absolute Gasteiger partial charge is 0.410 e. The molecule has 2 aliphatic heterocycles. The maximum Gasteiger partial charge on any atom is 0.410 e. The molecule has 0 aliphatic carbocycles. The molecule has 2 saturated heterocycles. The summed E-state index contributed by atoms with van der Waals surface area (Å²) >= 11 is 0. The van der Waals surface area contributed by atoms with Gasteiger partial charge in [-0.05, 0) is 79.8 Å². The summed E-state index contributed by atoms with van der Waals surface area (Å²) in [5, 5.41) is 0.979. The van der Waals surface area contributed by atoms with Crippen LogP contribution in [0.25, 0.3) is 0 Å². The molecule has 11 heteroatoms. The molecule has 2 amide bonds. The van der Waals surface area contributed by atoms with E-state index < -0.39 is 37.0 Å². The molecule has 10 nitrogen and oxygen atoms in total. The summed E-state index contributed by atoms with van der Waals surface area (Å²) in [6, 6.07) is 21.6. The lowest BCUT2D eigenvalue weighted by Crippen LogP contribution is -2.50. The zero-order chi connectivity index (χ0) is 31.3. The monoisotopic (exact) mass is 618 g/mol. The van der Waals surface area contributed by atoms with Gasteiger partial charge in [0.15, 0.2) is 7.14 Å². The number of rotatable bonds is 8. The van der Waals surface area contributed by atoms with Crippen LogP contribution in [0.4, 0.5) is 4.79 Å². The van der Waals surface area contributed by atoms with E-state index in [9.17, 15) is 19.2 Å². The average molecular weight is 619 g/mol. The fourth-order valence-corrected chi connectivity index (χ4v) is 9.25. The van der Waals surface area contributed by atoms with Crippen molar-refractivity contribution in [2.24, 2.45) is 0 Å². The third-order valence-electron chi connectivity index (χ3n) is 7.87. The normalized spacial score (nSPS) is 18.1. The molecular weight excluding hydrogens is 583 g/mol. The van der Waals surface area contributed by atoms with Crippen LogP contribution in [0.2, 0.25) is 0 Å². The second kappa shape index (κ2) is 13.5. The molecule has 0 radical (unpaired) electrons. The van der Waals surface area contributed by atoms with Crippen LogP contribution in [0.5, 0.6) is 11.5 Å². The van der Waals surface area contributed by atoms with Gasteiger partial charge in [-0.2, -0.15) is 0 Å².